The van der Waals surface area contributed by atoms with Crippen LogP contribution in [-0.2, 0) is 16.0 Å². The molecule has 0 spiro atoms. The standard InChI is InChI=1S/C16H18N2O3/c19-15-11-18(8-1-7-17-15)16(20)5-3-12-2-4-14-13(10-12)6-9-21-14/h2-5,10H,1,6-9,11H2,(H,17,19). The van der Waals surface area contributed by atoms with Gasteiger partial charge in [-0.1, -0.05) is 6.07 Å². The Kier molecular flexibility index (Phi) is 3.90. The van der Waals surface area contributed by atoms with Gasteiger partial charge in [0.15, 0.2) is 0 Å². The zero-order chi connectivity index (χ0) is 14.7. The van der Waals surface area contributed by atoms with E-state index in [2.05, 4.69) is 5.32 Å². The summed E-state index contributed by atoms with van der Waals surface area (Å²) in [5.41, 5.74) is 2.16. The molecule has 2 aliphatic heterocycles. The minimum atomic E-state index is -0.121. The van der Waals surface area contributed by atoms with Crippen molar-refractivity contribution in [2.75, 3.05) is 26.2 Å². The van der Waals surface area contributed by atoms with Crippen LogP contribution in [0.5, 0.6) is 5.75 Å². The van der Waals surface area contributed by atoms with Crippen LogP contribution in [0.2, 0.25) is 0 Å². The van der Waals surface area contributed by atoms with E-state index in [1.165, 1.54) is 11.6 Å². The number of hydrogen-bond donors (Lipinski definition) is 1. The molecular formula is C16H18N2O3. The second-order valence-electron chi connectivity index (χ2n) is 5.26. The van der Waals surface area contributed by atoms with Crippen LogP contribution in [0.15, 0.2) is 24.3 Å². The molecule has 110 valence electrons. The van der Waals surface area contributed by atoms with Gasteiger partial charge >= 0.3 is 0 Å². The van der Waals surface area contributed by atoms with Gasteiger partial charge in [-0.3, -0.25) is 9.59 Å². The van der Waals surface area contributed by atoms with Crippen LogP contribution in [0.3, 0.4) is 0 Å². The molecule has 0 aromatic heterocycles. The first kappa shape index (κ1) is 13.7. The second kappa shape index (κ2) is 5.99. The third-order valence-corrected chi connectivity index (χ3v) is 3.70. The minimum absolute atomic E-state index is 0.0936. The van der Waals surface area contributed by atoms with Crippen LogP contribution in [0, 0.1) is 0 Å². The zero-order valence-corrected chi connectivity index (χ0v) is 11.8. The van der Waals surface area contributed by atoms with Crippen LogP contribution in [-0.4, -0.2) is 43.0 Å². The number of nitrogens with one attached hydrogen (secondary N) is 1. The maximum absolute atomic E-state index is 12.1. The molecule has 1 fully saturated rings. The molecule has 3 rings (SSSR count). The van der Waals surface area contributed by atoms with E-state index in [1.807, 2.05) is 18.2 Å². The van der Waals surface area contributed by atoms with E-state index in [0.29, 0.717) is 13.1 Å². The van der Waals surface area contributed by atoms with Gasteiger partial charge < -0.3 is 15.0 Å². The lowest BCUT2D eigenvalue weighted by Crippen LogP contribution is -2.36. The van der Waals surface area contributed by atoms with Crippen molar-refractivity contribution in [2.45, 2.75) is 12.8 Å². The van der Waals surface area contributed by atoms with Gasteiger partial charge in [0.2, 0.25) is 11.8 Å². The molecule has 5 nitrogen and oxygen atoms in total. The number of carbonyl (C=O) groups is 2. The largest absolute Gasteiger partial charge is 0.493 e. The SMILES string of the molecule is O=C1CN(C(=O)C=Cc2ccc3c(c2)CCO3)CCCN1. The van der Waals surface area contributed by atoms with Gasteiger partial charge in [-0.25, -0.2) is 0 Å². The Morgan fingerprint density at radius 3 is 3.19 bits per heavy atom. The molecule has 21 heavy (non-hydrogen) atoms. The number of fused-ring (bicyclic) bond motifs is 1. The van der Waals surface area contributed by atoms with Crippen LogP contribution in [0.4, 0.5) is 0 Å². The van der Waals surface area contributed by atoms with E-state index >= 15 is 0 Å². The van der Waals surface area contributed by atoms with Crippen molar-refractivity contribution >= 4 is 17.9 Å². The molecular weight excluding hydrogens is 268 g/mol. The molecule has 0 bridgehead atoms. The second-order valence-corrected chi connectivity index (χ2v) is 5.26. The summed E-state index contributed by atoms with van der Waals surface area (Å²) in [6.45, 7) is 2.11. The Balaban J connectivity index is 1.67. The quantitative estimate of drug-likeness (QED) is 0.825. The zero-order valence-electron chi connectivity index (χ0n) is 11.8. The van der Waals surface area contributed by atoms with Gasteiger partial charge in [-0.15, -0.1) is 0 Å². The number of amides is 2. The summed E-state index contributed by atoms with van der Waals surface area (Å²) in [7, 11) is 0. The Bertz CT molecular complexity index is 595. The fourth-order valence-electron chi connectivity index (χ4n) is 2.58. The number of nitrogens with zero attached hydrogens (tertiary/aromatic N) is 1. The Hall–Kier alpha value is -2.30. The van der Waals surface area contributed by atoms with Crippen molar-refractivity contribution in [3.8, 4) is 5.75 Å². The van der Waals surface area contributed by atoms with Gasteiger partial charge in [0.25, 0.3) is 0 Å². The molecule has 1 aromatic carbocycles. The van der Waals surface area contributed by atoms with Crippen LogP contribution in [0.25, 0.3) is 6.08 Å². The fourth-order valence-corrected chi connectivity index (χ4v) is 2.58. The molecule has 1 saturated heterocycles. The fraction of sp³-hybridized carbons (Fsp3) is 0.375. The predicted octanol–water partition coefficient (Wildman–Crippen LogP) is 0.983. The third kappa shape index (κ3) is 3.24. The van der Waals surface area contributed by atoms with E-state index in [0.717, 1.165) is 30.8 Å². The maximum atomic E-state index is 12.1. The van der Waals surface area contributed by atoms with Crippen molar-refractivity contribution in [3.63, 3.8) is 0 Å². The number of ether oxygens (including phenoxy) is 1. The average molecular weight is 286 g/mol. The van der Waals surface area contributed by atoms with Gasteiger partial charge in [-0.05, 0) is 35.8 Å². The highest BCUT2D eigenvalue weighted by atomic mass is 16.5. The van der Waals surface area contributed by atoms with Gasteiger partial charge in [0, 0.05) is 25.6 Å². The Morgan fingerprint density at radius 1 is 1.38 bits per heavy atom. The molecule has 1 aromatic rings. The van der Waals surface area contributed by atoms with Gasteiger partial charge in [-0.2, -0.15) is 0 Å². The molecule has 5 heteroatoms. The summed E-state index contributed by atoms with van der Waals surface area (Å²) < 4.78 is 5.46. The summed E-state index contributed by atoms with van der Waals surface area (Å²) in [5, 5.41) is 2.76. The molecule has 0 radical (unpaired) electrons. The van der Waals surface area contributed by atoms with Crippen LogP contribution in [0.1, 0.15) is 17.5 Å². The lowest BCUT2D eigenvalue weighted by molar-refractivity contribution is -0.131. The van der Waals surface area contributed by atoms with Gasteiger partial charge in [0.05, 0.1) is 13.2 Å². The molecule has 0 atom stereocenters. The van der Waals surface area contributed by atoms with Crippen molar-refractivity contribution < 1.29 is 14.3 Å². The summed E-state index contributed by atoms with van der Waals surface area (Å²) in [6, 6.07) is 5.91. The van der Waals surface area contributed by atoms with Gasteiger partial charge in [0.1, 0.15) is 5.75 Å². The van der Waals surface area contributed by atoms with E-state index in [4.69, 9.17) is 4.74 Å². The predicted molar refractivity (Wildman–Crippen MR) is 78.9 cm³/mol. The van der Waals surface area contributed by atoms with E-state index in [9.17, 15) is 9.59 Å². The van der Waals surface area contributed by atoms with E-state index < -0.39 is 0 Å². The summed E-state index contributed by atoms with van der Waals surface area (Å²) >= 11 is 0. The van der Waals surface area contributed by atoms with E-state index in [1.54, 1.807) is 11.0 Å². The number of benzene rings is 1. The Morgan fingerprint density at radius 2 is 2.29 bits per heavy atom. The van der Waals surface area contributed by atoms with Crippen LogP contribution >= 0.6 is 0 Å². The summed E-state index contributed by atoms with van der Waals surface area (Å²) in [4.78, 5) is 25.2. The lowest BCUT2D eigenvalue weighted by Gasteiger charge is -2.16. The Labute approximate surface area is 123 Å². The maximum Gasteiger partial charge on any atom is 0.247 e. The molecule has 2 amide bonds. The molecule has 2 heterocycles. The topological polar surface area (TPSA) is 58.6 Å². The van der Waals surface area contributed by atoms with Crippen molar-refractivity contribution in [1.29, 1.82) is 0 Å². The molecule has 0 saturated carbocycles. The molecule has 0 unspecified atom stereocenters. The summed E-state index contributed by atoms with van der Waals surface area (Å²) in [6.07, 6.45) is 5.04. The first-order chi connectivity index (χ1) is 10.2. The first-order valence-electron chi connectivity index (χ1n) is 7.22. The normalized spacial score (nSPS) is 18.1. The number of carbonyl (C=O) groups excluding carboxylic acids is 2. The highest BCUT2D eigenvalue weighted by Crippen LogP contribution is 2.26. The summed E-state index contributed by atoms with van der Waals surface area (Å²) in [5.74, 6) is 0.718. The van der Waals surface area contributed by atoms with Crippen LogP contribution < -0.4 is 10.1 Å². The smallest absolute Gasteiger partial charge is 0.247 e. The molecule has 2 aliphatic rings. The number of hydrogen-bond acceptors (Lipinski definition) is 3. The average Bonchev–Trinajstić information content (AvgIpc) is 2.84. The minimum Gasteiger partial charge on any atom is -0.493 e. The first-order valence-corrected chi connectivity index (χ1v) is 7.22. The molecule has 1 N–H and O–H groups in total. The number of rotatable bonds is 2. The monoisotopic (exact) mass is 286 g/mol. The van der Waals surface area contributed by atoms with Crippen molar-refractivity contribution in [1.82, 2.24) is 10.2 Å². The third-order valence-electron chi connectivity index (χ3n) is 3.70. The highest BCUT2D eigenvalue weighted by molar-refractivity contribution is 5.94. The van der Waals surface area contributed by atoms with Crippen molar-refractivity contribution in [3.05, 3.63) is 35.4 Å². The lowest BCUT2D eigenvalue weighted by atomic mass is 10.1. The van der Waals surface area contributed by atoms with E-state index in [-0.39, 0.29) is 18.4 Å². The molecule has 0 aliphatic carbocycles. The highest BCUT2D eigenvalue weighted by Gasteiger charge is 2.17. The van der Waals surface area contributed by atoms with Crippen molar-refractivity contribution in [2.24, 2.45) is 0 Å².